The molecule has 19 heavy (non-hydrogen) atoms. The van der Waals surface area contributed by atoms with Crippen molar-refractivity contribution < 1.29 is 0 Å². The fraction of sp³-hybridized carbons (Fsp3) is 0.0667. The first-order chi connectivity index (χ1) is 9.13. The molecular formula is C15H16N4. The molecule has 0 aliphatic rings. The van der Waals surface area contributed by atoms with Gasteiger partial charge < -0.3 is 11.5 Å². The number of nitrogen functional groups attached to an aromatic ring is 1. The summed E-state index contributed by atoms with van der Waals surface area (Å²) in [4.78, 5) is 4.13. The number of aliphatic imine (C=N–C) groups is 1. The third kappa shape index (κ3) is 3.58. The zero-order chi connectivity index (χ0) is 14.3. The van der Waals surface area contributed by atoms with E-state index in [1.54, 1.807) is 49.6 Å². The normalized spacial score (nSPS) is 12.9. The van der Waals surface area contributed by atoms with Crippen molar-refractivity contribution in [2.45, 2.75) is 6.92 Å². The minimum absolute atomic E-state index is 0.295. The third-order valence-corrected chi connectivity index (χ3v) is 2.38. The summed E-state index contributed by atoms with van der Waals surface area (Å²) in [5.41, 5.74) is 14.1. The number of allylic oxidation sites excluding steroid dienone is 3. The van der Waals surface area contributed by atoms with Crippen LogP contribution in [-0.2, 0) is 0 Å². The predicted octanol–water partition coefficient (Wildman–Crippen LogP) is 2.62. The van der Waals surface area contributed by atoms with Gasteiger partial charge in [0.2, 0.25) is 0 Å². The average Bonchev–Trinajstić information content (AvgIpc) is 2.40. The van der Waals surface area contributed by atoms with Crippen molar-refractivity contribution in [3.05, 3.63) is 59.8 Å². The number of nitrogens with zero attached hydrogens (tertiary/aromatic N) is 2. The van der Waals surface area contributed by atoms with Gasteiger partial charge in [-0.3, -0.25) is 4.99 Å². The second-order valence-electron chi connectivity index (χ2n) is 3.70. The summed E-state index contributed by atoms with van der Waals surface area (Å²) < 4.78 is 0. The molecule has 0 atom stereocenters. The Bertz CT molecular complexity index is 601. The topological polar surface area (TPSA) is 88.2 Å². The van der Waals surface area contributed by atoms with Crippen molar-refractivity contribution in [1.82, 2.24) is 0 Å². The van der Waals surface area contributed by atoms with Crippen molar-refractivity contribution in [1.29, 1.82) is 5.26 Å². The highest BCUT2D eigenvalue weighted by Crippen LogP contribution is 2.21. The minimum atomic E-state index is 0.295. The Kier molecular flexibility index (Phi) is 5.12. The minimum Gasteiger partial charge on any atom is -0.399 e. The molecule has 0 aliphatic carbocycles. The van der Waals surface area contributed by atoms with Crippen LogP contribution in [0.1, 0.15) is 12.5 Å². The standard InChI is InChI=1S/C15H16N4/c1-3-6-14(19-4-2)13(10-16)15(18)11-7-5-8-12(17)9-11/h3-9H,1,17-18H2,2H3/b14-6-,15-13-,19-4-. The number of anilines is 1. The maximum atomic E-state index is 9.28. The monoisotopic (exact) mass is 252 g/mol. The molecule has 0 radical (unpaired) electrons. The van der Waals surface area contributed by atoms with Gasteiger partial charge in [-0.25, -0.2) is 0 Å². The van der Waals surface area contributed by atoms with Crippen LogP contribution in [0.3, 0.4) is 0 Å². The molecule has 4 heteroatoms. The van der Waals surface area contributed by atoms with E-state index >= 15 is 0 Å². The molecule has 0 heterocycles. The Morgan fingerprint density at radius 1 is 1.47 bits per heavy atom. The van der Waals surface area contributed by atoms with Crippen LogP contribution in [0.25, 0.3) is 5.70 Å². The van der Waals surface area contributed by atoms with Crippen molar-refractivity contribution >= 4 is 17.6 Å². The second kappa shape index (κ2) is 6.82. The maximum absolute atomic E-state index is 9.28. The zero-order valence-electron chi connectivity index (χ0n) is 10.8. The van der Waals surface area contributed by atoms with Crippen molar-refractivity contribution in [2.24, 2.45) is 10.7 Å². The summed E-state index contributed by atoms with van der Waals surface area (Å²) in [5, 5.41) is 9.28. The van der Waals surface area contributed by atoms with Crippen LogP contribution in [-0.4, -0.2) is 6.21 Å². The molecular weight excluding hydrogens is 236 g/mol. The highest BCUT2D eigenvalue weighted by Gasteiger charge is 2.10. The Morgan fingerprint density at radius 2 is 2.21 bits per heavy atom. The Morgan fingerprint density at radius 3 is 2.74 bits per heavy atom. The molecule has 1 aromatic carbocycles. The van der Waals surface area contributed by atoms with E-state index < -0.39 is 0 Å². The smallest absolute Gasteiger partial charge is 0.104 e. The summed E-state index contributed by atoms with van der Waals surface area (Å²) in [7, 11) is 0. The largest absolute Gasteiger partial charge is 0.399 e. The number of hydrogen-bond acceptors (Lipinski definition) is 4. The van der Waals surface area contributed by atoms with E-state index in [0.29, 0.717) is 28.2 Å². The van der Waals surface area contributed by atoms with Crippen LogP contribution >= 0.6 is 0 Å². The molecule has 96 valence electrons. The van der Waals surface area contributed by atoms with E-state index in [-0.39, 0.29) is 0 Å². The molecule has 0 amide bonds. The molecule has 0 bridgehead atoms. The van der Waals surface area contributed by atoms with Gasteiger partial charge in [-0.15, -0.1) is 0 Å². The molecule has 1 rings (SSSR count). The molecule has 1 aromatic rings. The summed E-state index contributed by atoms with van der Waals surface area (Å²) in [6, 6.07) is 9.13. The molecule has 0 fully saturated rings. The second-order valence-corrected chi connectivity index (χ2v) is 3.70. The first kappa shape index (κ1) is 14.3. The number of rotatable bonds is 4. The van der Waals surface area contributed by atoms with Crippen LogP contribution in [0.2, 0.25) is 0 Å². The maximum Gasteiger partial charge on any atom is 0.104 e. The first-order valence-corrected chi connectivity index (χ1v) is 5.71. The van der Waals surface area contributed by atoms with E-state index in [0.717, 1.165) is 0 Å². The molecule has 4 N–H and O–H groups in total. The Hall–Kier alpha value is -2.80. The molecule has 4 nitrogen and oxygen atoms in total. The highest BCUT2D eigenvalue weighted by atomic mass is 14.7. The van der Waals surface area contributed by atoms with Crippen LogP contribution in [0.4, 0.5) is 5.69 Å². The molecule has 0 unspecified atom stereocenters. The van der Waals surface area contributed by atoms with Crippen LogP contribution < -0.4 is 11.5 Å². The lowest BCUT2D eigenvalue weighted by Gasteiger charge is -2.07. The molecule has 0 saturated carbocycles. The molecule has 0 saturated heterocycles. The van der Waals surface area contributed by atoms with E-state index in [9.17, 15) is 5.26 Å². The zero-order valence-corrected chi connectivity index (χ0v) is 10.8. The summed E-state index contributed by atoms with van der Waals surface area (Å²) in [5.74, 6) is 0. The van der Waals surface area contributed by atoms with E-state index in [2.05, 4.69) is 17.6 Å². The number of nitrogens with two attached hydrogens (primary N) is 2. The predicted molar refractivity (Wildman–Crippen MR) is 80.0 cm³/mol. The number of benzene rings is 1. The first-order valence-electron chi connectivity index (χ1n) is 5.71. The van der Waals surface area contributed by atoms with Gasteiger partial charge in [0.25, 0.3) is 0 Å². The van der Waals surface area contributed by atoms with Crippen LogP contribution in [0.5, 0.6) is 0 Å². The Balaban J connectivity index is 3.41. The lowest BCUT2D eigenvalue weighted by atomic mass is 10.0. The third-order valence-electron chi connectivity index (χ3n) is 2.38. The Labute approximate surface area is 113 Å². The quantitative estimate of drug-likeness (QED) is 0.373. The van der Waals surface area contributed by atoms with Crippen molar-refractivity contribution in [3.8, 4) is 6.07 Å². The van der Waals surface area contributed by atoms with Gasteiger partial charge in [-0.05, 0) is 25.1 Å². The fourth-order valence-electron chi connectivity index (χ4n) is 1.55. The lowest BCUT2D eigenvalue weighted by molar-refractivity contribution is 1.32. The number of hydrogen-bond donors (Lipinski definition) is 2. The van der Waals surface area contributed by atoms with Gasteiger partial charge in [0.1, 0.15) is 11.6 Å². The van der Waals surface area contributed by atoms with Gasteiger partial charge in [0.05, 0.1) is 11.4 Å². The van der Waals surface area contributed by atoms with Crippen molar-refractivity contribution in [2.75, 3.05) is 5.73 Å². The number of nitriles is 1. The van der Waals surface area contributed by atoms with Crippen LogP contribution in [0.15, 0.2) is 59.3 Å². The van der Waals surface area contributed by atoms with E-state index in [1.165, 1.54) is 0 Å². The summed E-state index contributed by atoms with van der Waals surface area (Å²) in [6.45, 7) is 5.37. The highest BCUT2D eigenvalue weighted by molar-refractivity contribution is 5.76. The van der Waals surface area contributed by atoms with Gasteiger partial charge >= 0.3 is 0 Å². The molecule has 0 aliphatic heterocycles. The summed E-state index contributed by atoms with van der Waals surface area (Å²) >= 11 is 0. The van der Waals surface area contributed by atoms with Gasteiger partial charge in [-0.1, -0.05) is 24.8 Å². The average molecular weight is 252 g/mol. The van der Waals surface area contributed by atoms with Crippen LogP contribution in [0, 0.1) is 11.3 Å². The van der Waals surface area contributed by atoms with E-state index in [4.69, 9.17) is 11.5 Å². The van der Waals surface area contributed by atoms with Crippen molar-refractivity contribution in [3.63, 3.8) is 0 Å². The fourth-order valence-corrected chi connectivity index (χ4v) is 1.55. The van der Waals surface area contributed by atoms with Gasteiger partial charge in [0, 0.05) is 17.5 Å². The lowest BCUT2D eigenvalue weighted by Crippen LogP contribution is -2.03. The SMILES string of the molecule is C=C/C=C(\N=C/C)C(/C#N)=C(\N)c1cccc(N)c1. The molecule has 0 aromatic heterocycles. The summed E-state index contributed by atoms with van der Waals surface area (Å²) in [6.07, 6.45) is 4.79. The van der Waals surface area contributed by atoms with E-state index in [1.807, 2.05) is 0 Å². The van der Waals surface area contributed by atoms with Gasteiger partial charge in [-0.2, -0.15) is 5.26 Å². The van der Waals surface area contributed by atoms with Gasteiger partial charge in [0.15, 0.2) is 0 Å². The molecule has 0 spiro atoms.